The lowest BCUT2D eigenvalue weighted by Gasteiger charge is -2.06. The highest BCUT2D eigenvalue weighted by Crippen LogP contribution is 2.03. The lowest BCUT2D eigenvalue weighted by molar-refractivity contribution is 0.0694. The molecule has 18 heavy (non-hydrogen) atoms. The normalized spacial score (nSPS) is 10.5. The van der Waals surface area contributed by atoms with Crippen molar-refractivity contribution >= 4 is 5.97 Å². The molecule has 2 aromatic heterocycles. The summed E-state index contributed by atoms with van der Waals surface area (Å²) < 4.78 is 6.39. The van der Waals surface area contributed by atoms with Crippen LogP contribution < -0.4 is 5.56 Å². The van der Waals surface area contributed by atoms with E-state index in [2.05, 4.69) is 5.10 Å². The molecule has 1 N–H and O–H groups in total. The van der Waals surface area contributed by atoms with Crippen molar-refractivity contribution in [3.8, 4) is 0 Å². The predicted molar refractivity (Wildman–Crippen MR) is 62.6 cm³/mol. The van der Waals surface area contributed by atoms with Gasteiger partial charge >= 0.3 is 5.97 Å². The summed E-state index contributed by atoms with van der Waals surface area (Å²) in [5.41, 5.74) is -0.166. The lowest BCUT2D eigenvalue weighted by atomic mass is 10.2. The molecular formula is C12H12N2O4. The molecule has 0 fully saturated rings. The fraction of sp³-hybridized carbons (Fsp3) is 0.250. The number of carboxylic acid groups (broad SMARTS) is 1. The van der Waals surface area contributed by atoms with E-state index in [0.717, 1.165) is 11.8 Å². The van der Waals surface area contributed by atoms with E-state index >= 15 is 0 Å². The smallest absolute Gasteiger partial charge is 0.337 e. The molecule has 2 rings (SSSR count). The molecule has 0 spiro atoms. The summed E-state index contributed by atoms with van der Waals surface area (Å²) in [6.45, 7) is 1.92. The molecule has 0 aliphatic heterocycles. The zero-order valence-electron chi connectivity index (χ0n) is 9.79. The van der Waals surface area contributed by atoms with Gasteiger partial charge in [0.05, 0.1) is 24.1 Å². The maximum Gasteiger partial charge on any atom is 0.337 e. The number of furan rings is 1. The first-order chi connectivity index (χ1) is 8.58. The number of aryl methyl sites for hydroxylation is 3. The van der Waals surface area contributed by atoms with E-state index in [4.69, 9.17) is 9.52 Å². The fourth-order valence-electron chi connectivity index (χ4n) is 1.63. The van der Waals surface area contributed by atoms with Crippen LogP contribution in [0.25, 0.3) is 0 Å². The summed E-state index contributed by atoms with van der Waals surface area (Å²) in [7, 11) is 0. The Kier molecular flexibility index (Phi) is 3.27. The Morgan fingerprint density at radius 2 is 2.33 bits per heavy atom. The molecular weight excluding hydrogens is 236 g/mol. The van der Waals surface area contributed by atoms with Gasteiger partial charge < -0.3 is 9.52 Å². The Balaban J connectivity index is 2.22. The van der Waals surface area contributed by atoms with Crippen LogP contribution in [0.4, 0.5) is 0 Å². The van der Waals surface area contributed by atoms with E-state index in [1.165, 1.54) is 4.68 Å². The van der Waals surface area contributed by atoms with Gasteiger partial charge in [0.15, 0.2) is 0 Å². The van der Waals surface area contributed by atoms with Gasteiger partial charge in [-0.25, -0.2) is 9.48 Å². The molecule has 2 heterocycles. The molecule has 0 aliphatic rings. The average molecular weight is 248 g/mol. The Hall–Kier alpha value is -2.37. The molecule has 0 saturated heterocycles. The van der Waals surface area contributed by atoms with Crippen molar-refractivity contribution in [3.63, 3.8) is 0 Å². The van der Waals surface area contributed by atoms with Crippen molar-refractivity contribution < 1.29 is 14.3 Å². The lowest BCUT2D eigenvalue weighted by Crippen LogP contribution is -2.26. The number of nitrogens with zero attached hydrogens (tertiary/aromatic N) is 2. The second kappa shape index (κ2) is 4.87. The predicted octanol–water partition coefficient (Wildman–Crippen LogP) is 1.09. The van der Waals surface area contributed by atoms with Crippen LogP contribution in [-0.2, 0) is 13.0 Å². The molecule has 0 unspecified atom stereocenters. The molecule has 2 aromatic rings. The monoisotopic (exact) mass is 248 g/mol. The van der Waals surface area contributed by atoms with Crippen LogP contribution in [0.3, 0.4) is 0 Å². The molecule has 0 atom stereocenters. The van der Waals surface area contributed by atoms with Crippen molar-refractivity contribution in [2.24, 2.45) is 0 Å². The Morgan fingerprint density at radius 1 is 1.56 bits per heavy atom. The van der Waals surface area contributed by atoms with Crippen molar-refractivity contribution in [3.05, 3.63) is 51.8 Å². The summed E-state index contributed by atoms with van der Waals surface area (Å²) in [5.74, 6) is -0.390. The van der Waals surface area contributed by atoms with Gasteiger partial charge in [0, 0.05) is 12.5 Å². The average Bonchev–Trinajstić information content (AvgIpc) is 2.82. The van der Waals surface area contributed by atoms with Gasteiger partial charge in [-0.2, -0.15) is 5.10 Å². The van der Waals surface area contributed by atoms with Gasteiger partial charge in [-0.3, -0.25) is 4.79 Å². The second-order valence-corrected chi connectivity index (χ2v) is 3.84. The Bertz CT molecular complexity index is 614. The van der Waals surface area contributed by atoms with Crippen LogP contribution >= 0.6 is 0 Å². The van der Waals surface area contributed by atoms with E-state index in [9.17, 15) is 9.59 Å². The van der Waals surface area contributed by atoms with Crippen molar-refractivity contribution in [1.82, 2.24) is 9.78 Å². The van der Waals surface area contributed by atoms with Crippen LogP contribution in [0, 0.1) is 6.92 Å². The maximum atomic E-state index is 11.7. The van der Waals surface area contributed by atoms with Crippen LogP contribution in [0.15, 0.2) is 33.7 Å². The third kappa shape index (κ3) is 2.48. The van der Waals surface area contributed by atoms with Crippen LogP contribution in [0.2, 0.25) is 0 Å². The molecule has 0 radical (unpaired) electrons. The first kappa shape index (κ1) is 12.1. The van der Waals surface area contributed by atoms with E-state index in [1.54, 1.807) is 19.3 Å². The molecule has 0 bridgehead atoms. The largest absolute Gasteiger partial charge is 0.478 e. The number of aromatic carboxylic acids is 1. The van der Waals surface area contributed by atoms with Gasteiger partial charge in [-0.15, -0.1) is 0 Å². The summed E-state index contributed by atoms with van der Waals surface area (Å²) in [6, 6.07) is 4.67. The molecule has 0 saturated carbocycles. The minimum atomic E-state index is -1.14. The van der Waals surface area contributed by atoms with Gasteiger partial charge in [-0.1, -0.05) is 0 Å². The Labute approximate surface area is 102 Å². The van der Waals surface area contributed by atoms with Crippen molar-refractivity contribution in [2.45, 2.75) is 19.9 Å². The van der Waals surface area contributed by atoms with E-state index in [-0.39, 0.29) is 5.56 Å². The summed E-state index contributed by atoms with van der Waals surface area (Å²) in [4.78, 5) is 22.5. The van der Waals surface area contributed by atoms with Crippen molar-refractivity contribution in [2.75, 3.05) is 0 Å². The maximum absolute atomic E-state index is 11.7. The first-order valence-corrected chi connectivity index (χ1v) is 5.42. The highest BCUT2D eigenvalue weighted by molar-refractivity contribution is 5.88. The summed E-state index contributed by atoms with van der Waals surface area (Å²) >= 11 is 0. The molecule has 94 valence electrons. The van der Waals surface area contributed by atoms with Crippen molar-refractivity contribution in [1.29, 1.82) is 0 Å². The van der Waals surface area contributed by atoms with E-state index in [0.29, 0.717) is 18.7 Å². The van der Waals surface area contributed by atoms with Gasteiger partial charge in [0.25, 0.3) is 5.56 Å². The molecule has 0 aromatic carbocycles. The first-order valence-electron chi connectivity index (χ1n) is 5.42. The number of carbonyl (C=O) groups is 1. The number of hydrogen-bond acceptors (Lipinski definition) is 4. The van der Waals surface area contributed by atoms with Crippen LogP contribution in [0.1, 0.15) is 21.8 Å². The minimum Gasteiger partial charge on any atom is -0.478 e. The zero-order valence-corrected chi connectivity index (χ0v) is 9.79. The topological polar surface area (TPSA) is 85.3 Å². The van der Waals surface area contributed by atoms with Crippen LogP contribution in [0.5, 0.6) is 0 Å². The van der Waals surface area contributed by atoms with E-state index in [1.807, 2.05) is 6.07 Å². The number of hydrogen-bond donors (Lipinski definition) is 1. The van der Waals surface area contributed by atoms with E-state index < -0.39 is 11.5 Å². The summed E-state index contributed by atoms with van der Waals surface area (Å²) in [5, 5.41) is 12.8. The second-order valence-electron chi connectivity index (χ2n) is 3.84. The third-order valence-electron chi connectivity index (χ3n) is 2.56. The standard InChI is InChI=1S/C12H12N2O4/c1-8-10(12(16)17)7-11(15)14(13-8)5-4-9-3-2-6-18-9/h2-3,6-7H,4-5H2,1H3,(H,16,17). The van der Waals surface area contributed by atoms with Gasteiger partial charge in [0.2, 0.25) is 0 Å². The SMILES string of the molecule is Cc1nn(CCc2ccco2)c(=O)cc1C(=O)O. The van der Waals surface area contributed by atoms with Crippen LogP contribution in [-0.4, -0.2) is 20.9 Å². The highest BCUT2D eigenvalue weighted by Gasteiger charge is 2.11. The Morgan fingerprint density at radius 3 is 2.94 bits per heavy atom. The number of carboxylic acids is 1. The van der Waals surface area contributed by atoms with Gasteiger partial charge in [0.1, 0.15) is 5.76 Å². The van der Waals surface area contributed by atoms with Gasteiger partial charge in [-0.05, 0) is 19.1 Å². The number of aromatic nitrogens is 2. The minimum absolute atomic E-state index is 0.0609. The molecule has 6 heteroatoms. The molecule has 0 aliphatic carbocycles. The molecule has 6 nitrogen and oxygen atoms in total. The summed E-state index contributed by atoms with van der Waals surface area (Å²) in [6.07, 6.45) is 2.09. The number of rotatable bonds is 4. The molecule has 0 amide bonds. The fourth-order valence-corrected chi connectivity index (χ4v) is 1.63. The highest BCUT2D eigenvalue weighted by atomic mass is 16.4. The zero-order chi connectivity index (χ0) is 13.1. The quantitative estimate of drug-likeness (QED) is 0.875. The third-order valence-corrected chi connectivity index (χ3v) is 2.56.